The quantitative estimate of drug-likeness (QED) is 0.430. The Morgan fingerprint density at radius 2 is 1.31 bits per heavy atom. The third-order valence-electron chi connectivity index (χ3n) is 2.59. The van der Waals surface area contributed by atoms with Crippen LogP contribution < -0.4 is 11.5 Å². The number of nitrogens with two attached hydrogens (primary N) is 2. The molecule has 0 rings (SSSR count). The molecule has 0 aromatic carbocycles. The molecule has 0 aromatic rings. The fourth-order valence-electron chi connectivity index (χ4n) is 1.89. The van der Waals surface area contributed by atoms with Crippen molar-refractivity contribution in [1.82, 2.24) is 0 Å². The highest BCUT2D eigenvalue weighted by atomic mass is 28.4. The minimum atomic E-state index is -1.99. The zero-order chi connectivity index (χ0) is 12.3. The first kappa shape index (κ1) is 16.1. The first-order valence-electron chi connectivity index (χ1n) is 6.42. The van der Waals surface area contributed by atoms with Gasteiger partial charge in [-0.3, -0.25) is 0 Å². The second kappa shape index (κ2) is 10.2. The van der Waals surface area contributed by atoms with E-state index >= 15 is 0 Å². The summed E-state index contributed by atoms with van der Waals surface area (Å²) < 4.78 is 11.9. The van der Waals surface area contributed by atoms with Crippen molar-refractivity contribution in [3.63, 3.8) is 0 Å². The van der Waals surface area contributed by atoms with Crippen LogP contribution in [0.4, 0.5) is 0 Å². The molecule has 0 aromatic heterocycles. The average Bonchev–Trinajstić information content (AvgIpc) is 2.27. The average molecular weight is 248 g/mol. The highest BCUT2D eigenvalue weighted by molar-refractivity contribution is 6.67. The van der Waals surface area contributed by atoms with Crippen molar-refractivity contribution >= 4 is 8.56 Å². The molecule has 0 atom stereocenters. The SMILES string of the molecule is CCO[Si](CCCN)(CCCCN)OCC. The Morgan fingerprint density at radius 1 is 0.812 bits per heavy atom. The predicted octanol–water partition coefficient (Wildman–Crippen LogP) is 1.59. The summed E-state index contributed by atoms with van der Waals surface area (Å²) in [5, 5.41) is 0. The van der Waals surface area contributed by atoms with E-state index in [4.69, 9.17) is 20.3 Å². The molecule has 0 heterocycles. The zero-order valence-electron chi connectivity index (χ0n) is 10.8. The van der Waals surface area contributed by atoms with Crippen molar-refractivity contribution in [2.45, 2.75) is 45.2 Å². The normalized spacial score (nSPS) is 12.0. The second-order valence-corrected chi connectivity index (χ2v) is 7.31. The van der Waals surface area contributed by atoms with Gasteiger partial charge in [0.05, 0.1) is 0 Å². The maximum Gasteiger partial charge on any atom is 0.338 e. The third kappa shape index (κ3) is 6.60. The molecule has 5 heteroatoms. The number of hydrogen-bond donors (Lipinski definition) is 2. The molecule has 0 saturated carbocycles. The minimum Gasteiger partial charge on any atom is -0.394 e. The Hall–Kier alpha value is 0.0569. The lowest BCUT2D eigenvalue weighted by atomic mass is 10.3. The van der Waals surface area contributed by atoms with E-state index in [0.29, 0.717) is 6.54 Å². The highest BCUT2D eigenvalue weighted by Gasteiger charge is 2.35. The fourth-order valence-corrected chi connectivity index (χ4v) is 5.39. The molecule has 16 heavy (non-hydrogen) atoms. The van der Waals surface area contributed by atoms with Crippen LogP contribution in [-0.4, -0.2) is 34.9 Å². The summed E-state index contributed by atoms with van der Waals surface area (Å²) in [6.07, 6.45) is 3.15. The van der Waals surface area contributed by atoms with Crippen molar-refractivity contribution in [3.8, 4) is 0 Å². The van der Waals surface area contributed by atoms with Gasteiger partial charge in [-0.05, 0) is 51.9 Å². The van der Waals surface area contributed by atoms with Gasteiger partial charge in [0.1, 0.15) is 0 Å². The summed E-state index contributed by atoms with van der Waals surface area (Å²) in [6, 6.07) is 2.06. The predicted molar refractivity (Wildman–Crippen MR) is 70.6 cm³/mol. The van der Waals surface area contributed by atoms with E-state index in [1.165, 1.54) is 0 Å². The monoisotopic (exact) mass is 248 g/mol. The Labute approximate surface area is 101 Å². The highest BCUT2D eigenvalue weighted by Crippen LogP contribution is 2.23. The van der Waals surface area contributed by atoms with E-state index in [1.807, 2.05) is 13.8 Å². The molecule has 0 fully saturated rings. The van der Waals surface area contributed by atoms with Crippen LogP contribution in [0.15, 0.2) is 0 Å². The lowest BCUT2D eigenvalue weighted by Gasteiger charge is -2.30. The van der Waals surface area contributed by atoms with Gasteiger partial charge < -0.3 is 20.3 Å². The maximum absolute atomic E-state index is 5.94. The van der Waals surface area contributed by atoms with E-state index < -0.39 is 8.56 Å². The van der Waals surface area contributed by atoms with Gasteiger partial charge in [0.15, 0.2) is 0 Å². The van der Waals surface area contributed by atoms with Crippen LogP contribution >= 0.6 is 0 Å². The molecule has 0 aliphatic rings. The molecule has 4 nitrogen and oxygen atoms in total. The Bertz CT molecular complexity index is 153. The molecule has 98 valence electrons. The molecule has 0 aliphatic heterocycles. The largest absolute Gasteiger partial charge is 0.394 e. The van der Waals surface area contributed by atoms with Crippen LogP contribution in [0, 0.1) is 0 Å². The van der Waals surface area contributed by atoms with Crippen molar-refractivity contribution in [2.24, 2.45) is 11.5 Å². The van der Waals surface area contributed by atoms with Crippen LogP contribution in [0.2, 0.25) is 12.1 Å². The Kier molecular flexibility index (Phi) is 10.3. The number of unbranched alkanes of at least 4 members (excludes halogenated alkanes) is 1. The number of hydrogen-bond acceptors (Lipinski definition) is 4. The van der Waals surface area contributed by atoms with Crippen LogP contribution in [0.5, 0.6) is 0 Å². The maximum atomic E-state index is 5.94. The van der Waals surface area contributed by atoms with Gasteiger partial charge in [-0.2, -0.15) is 0 Å². The molecule has 0 bridgehead atoms. The molecular formula is C11H28N2O2Si. The summed E-state index contributed by atoms with van der Waals surface area (Å²) in [7, 11) is -1.99. The van der Waals surface area contributed by atoms with Gasteiger partial charge in [0.2, 0.25) is 0 Å². The molecule has 0 saturated heterocycles. The molecular weight excluding hydrogens is 220 g/mol. The second-order valence-electron chi connectivity index (χ2n) is 3.91. The summed E-state index contributed by atoms with van der Waals surface area (Å²) in [4.78, 5) is 0. The molecule has 0 spiro atoms. The Morgan fingerprint density at radius 3 is 1.75 bits per heavy atom. The lowest BCUT2D eigenvalue weighted by Crippen LogP contribution is -2.42. The van der Waals surface area contributed by atoms with Crippen molar-refractivity contribution in [1.29, 1.82) is 0 Å². The van der Waals surface area contributed by atoms with Gasteiger partial charge in [-0.25, -0.2) is 0 Å². The van der Waals surface area contributed by atoms with Crippen molar-refractivity contribution in [3.05, 3.63) is 0 Å². The smallest absolute Gasteiger partial charge is 0.338 e. The fraction of sp³-hybridized carbons (Fsp3) is 1.00. The summed E-state index contributed by atoms with van der Waals surface area (Å²) in [5.41, 5.74) is 11.1. The lowest BCUT2D eigenvalue weighted by molar-refractivity contribution is 0.181. The van der Waals surface area contributed by atoms with Crippen LogP contribution in [0.1, 0.15) is 33.1 Å². The van der Waals surface area contributed by atoms with E-state index in [1.54, 1.807) is 0 Å². The van der Waals surface area contributed by atoms with Crippen molar-refractivity contribution < 1.29 is 8.85 Å². The molecule has 0 unspecified atom stereocenters. The van der Waals surface area contributed by atoms with Gasteiger partial charge >= 0.3 is 8.56 Å². The molecule has 4 N–H and O–H groups in total. The minimum absolute atomic E-state index is 0.714. The standard InChI is InChI=1S/C11H28N2O2Si/c1-3-14-16(15-4-2,11-7-9-13)10-6-5-8-12/h3-13H2,1-2H3. The number of rotatable bonds is 11. The van der Waals surface area contributed by atoms with Crippen molar-refractivity contribution in [2.75, 3.05) is 26.3 Å². The van der Waals surface area contributed by atoms with Crippen LogP contribution in [0.3, 0.4) is 0 Å². The summed E-state index contributed by atoms with van der Waals surface area (Å²) >= 11 is 0. The van der Waals surface area contributed by atoms with Gasteiger partial charge in [0.25, 0.3) is 0 Å². The molecule has 0 radical (unpaired) electrons. The molecule has 0 amide bonds. The van der Waals surface area contributed by atoms with Gasteiger partial charge in [-0.15, -0.1) is 0 Å². The topological polar surface area (TPSA) is 70.5 Å². The summed E-state index contributed by atoms with van der Waals surface area (Å²) in [6.45, 7) is 7.00. The van der Waals surface area contributed by atoms with Crippen LogP contribution in [0.25, 0.3) is 0 Å². The first-order chi connectivity index (χ1) is 7.74. The molecule has 0 aliphatic carbocycles. The van der Waals surface area contributed by atoms with Crippen LogP contribution in [-0.2, 0) is 8.85 Å². The Balaban J connectivity index is 4.24. The van der Waals surface area contributed by atoms with Gasteiger partial charge in [-0.1, -0.05) is 6.42 Å². The van der Waals surface area contributed by atoms with E-state index in [9.17, 15) is 0 Å². The van der Waals surface area contributed by atoms with Gasteiger partial charge in [0, 0.05) is 13.2 Å². The van der Waals surface area contributed by atoms with E-state index in [2.05, 4.69) is 0 Å². The third-order valence-corrected chi connectivity index (χ3v) is 6.45. The van der Waals surface area contributed by atoms with E-state index in [0.717, 1.165) is 51.1 Å². The van der Waals surface area contributed by atoms with E-state index in [-0.39, 0.29) is 0 Å². The zero-order valence-corrected chi connectivity index (χ0v) is 11.8. The summed E-state index contributed by atoms with van der Waals surface area (Å²) in [5.74, 6) is 0. The first-order valence-corrected chi connectivity index (χ1v) is 8.65.